The van der Waals surface area contributed by atoms with Crippen molar-refractivity contribution in [2.45, 2.75) is 25.4 Å². The van der Waals surface area contributed by atoms with Gasteiger partial charge in [-0.15, -0.1) is 0 Å². The van der Waals surface area contributed by atoms with Crippen LogP contribution in [0.5, 0.6) is 6.01 Å². The molecule has 0 radical (unpaired) electrons. The number of piperazine rings is 1. The highest BCUT2D eigenvalue weighted by Gasteiger charge is 2.43. The number of likely N-dealkylation sites (tertiary alicyclic amines) is 1. The summed E-state index contributed by atoms with van der Waals surface area (Å²) in [6.07, 6.45) is 2.16. The lowest BCUT2D eigenvalue weighted by molar-refractivity contribution is -0.128. The lowest BCUT2D eigenvalue weighted by Gasteiger charge is -2.49. The first kappa shape index (κ1) is 32.0. The van der Waals surface area contributed by atoms with E-state index >= 15 is 0 Å². The highest BCUT2D eigenvalue weighted by atomic mass is 35.5. The summed E-state index contributed by atoms with van der Waals surface area (Å²) >= 11 is 6.52. The second kappa shape index (κ2) is 13.0. The van der Waals surface area contributed by atoms with E-state index in [-0.39, 0.29) is 28.8 Å². The van der Waals surface area contributed by atoms with E-state index in [1.807, 2.05) is 18.2 Å². The number of fused-ring (bicyclic) bond motifs is 2. The summed E-state index contributed by atoms with van der Waals surface area (Å²) in [6.45, 7) is 9.46. The maximum Gasteiger partial charge on any atom is 0.318 e. The molecular weight excluding hydrogens is 607 g/mol. The van der Waals surface area contributed by atoms with Crippen molar-refractivity contribution in [1.29, 1.82) is 5.26 Å². The van der Waals surface area contributed by atoms with Gasteiger partial charge in [0.2, 0.25) is 5.91 Å². The molecular formula is C34H40ClFN8O2. The number of carbonyl (C=O) groups is 1. The average Bonchev–Trinajstić information content (AvgIpc) is 3.03. The van der Waals surface area contributed by atoms with Gasteiger partial charge in [0.25, 0.3) is 0 Å². The molecule has 0 saturated carbocycles. The van der Waals surface area contributed by atoms with Gasteiger partial charge in [-0.1, -0.05) is 36.4 Å². The fourth-order valence-corrected chi connectivity index (χ4v) is 7.70. The van der Waals surface area contributed by atoms with Gasteiger partial charge in [0, 0.05) is 67.9 Å². The van der Waals surface area contributed by atoms with E-state index < -0.39 is 5.82 Å². The number of benzene rings is 2. The minimum atomic E-state index is -0.450. The Kier molecular flexibility index (Phi) is 9.06. The molecule has 3 aromatic rings. The number of amides is 1. The van der Waals surface area contributed by atoms with E-state index in [0.717, 1.165) is 47.8 Å². The van der Waals surface area contributed by atoms with Crippen LogP contribution in [0.3, 0.4) is 0 Å². The topological polar surface area (TPSA) is 92.1 Å². The third-order valence-electron chi connectivity index (χ3n) is 9.21. The van der Waals surface area contributed by atoms with Crippen molar-refractivity contribution in [2.24, 2.45) is 5.41 Å². The SMILES string of the molecule is C=CC(=O)N1CCN(c2nc(OCC3(CN(C)C)CN(C)C3)nc3c2CCN(c2cccc4ccc(F)c(Cl)c24)C3)CC1CC#N. The molecule has 2 saturated heterocycles. The van der Waals surface area contributed by atoms with Gasteiger partial charge >= 0.3 is 6.01 Å². The molecule has 242 valence electrons. The maximum absolute atomic E-state index is 14.6. The van der Waals surface area contributed by atoms with E-state index in [4.69, 9.17) is 26.3 Å². The predicted octanol–water partition coefficient (Wildman–Crippen LogP) is 3.97. The average molecular weight is 647 g/mol. The zero-order chi connectivity index (χ0) is 32.6. The number of rotatable bonds is 9. The number of hydrogen-bond donors (Lipinski definition) is 0. The molecule has 0 spiro atoms. The van der Waals surface area contributed by atoms with Crippen molar-refractivity contribution in [1.82, 2.24) is 24.7 Å². The van der Waals surface area contributed by atoms with Gasteiger partial charge < -0.3 is 29.2 Å². The molecule has 2 aromatic carbocycles. The largest absolute Gasteiger partial charge is 0.463 e. The van der Waals surface area contributed by atoms with Gasteiger partial charge in [-0.25, -0.2) is 4.39 Å². The van der Waals surface area contributed by atoms with E-state index in [2.05, 4.69) is 53.4 Å². The second-order valence-electron chi connectivity index (χ2n) is 13.1. The minimum absolute atomic E-state index is 0.0257. The van der Waals surface area contributed by atoms with Crippen molar-refractivity contribution in [3.63, 3.8) is 0 Å². The number of halogens is 2. The lowest BCUT2D eigenvalue weighted by atomic mass is 9.80. The number of nitrogens with zero attached hydrogens (tertiary/aromatic N) is 8. The third-order valence-corrected chi connectivity index (χ3v) is 9.58. The standard InChI is InChI=1S/C34H40ClFN8O2/c1-5-29(45)44-16-15-43(17-24(44)11-13-37)32-25-12-14-42(28-8-6-7-23-9-10-26(36)31(35)30(23)28)18-27(25)38-33(39-32)46-22-34(19-40(2)3)20-41(4)21-34/h5-10,24H,1,11-12,14-22H2,2-4H3. The number of anilines is 2. The highest BCUT2D eigenvalue weighted by Crippen LogP contribution is 2.39. The first-order valence-corrected chi connectivity index (χ1v) is 16.0. The Morgan fingerprint density at radius 2 is 2.02 bits per heavy atom. The van der Waals surface area contributed by atoms with E-state index in [1.54, 1.807) is 11.0 Å². The molecule has 10 nitrogen and oxygen atoms in total. The molecule has 0 aliphatic carbocycles. The summed E-state index contributed by atoms with van der Waals surface area (Å²) in [5, 5.41) is 11.2. The summed E-state index contributed by atoms with van der Waals surface area (Å²) < 4.78 is 21.0. The normalized spacial score (nSPS) is 19.5. The predicted molar refractivity (Wildman–Crippen MR) is 178 cm³/mol. The molecule has 1 atom stereocenters. The fraction of sp³-hybridized carbons (Fsp3) is 0.471. The Labute approximate surface area is 274 Å². The van der Waals surface area contributed by atoms with Gasteiger partial charge in [-0.3, -0.25) is 4.79 Å². The van der Waals surface area contributed by atoms with Crippen LogP contribution >= 0.6 is 11.6 Å². The number of aromatic nitrogens is 2. The molecule has 3 aliphatic heterocycles. The monoisotopic (exact) mass is 646 g/mol. The maximum atomic E-state index is 14.6. The summed E-state index contributed by atoms with van der Waals surface area (Å²) in [6, 6.07) is 11.3. The zero-order valence-electron chi connectivity index (χ0n) is 26.7. The highest BCUT2D eigenvalue weighted by molar-refractivity contribution is 6.36. The van der Waals surface area contributed by atoms with Gasteiger partial charge in [0.1, 0.15) is 18.2 Å². The van der Waals surface area contributed by atoms with Gasteiger partial charge in [0.15, 0.2) is 0 Å². The Morgan fingerprint density at radius 1 is 1.22 bits per heavy atom. The van der Waals surface area contributed by atoms with Crippen molar-refractivity contribution in [2.75, 3.05) is 83.4 Å². The molecule has 6 rings (SSSR count). The second-order valence-corrected chi connectivity index (χ2v) is 13.4. The number of ether oxygens (including phenoxy) is 1. The van der Waals surface area contributed by atoms with Crippen molar-refractivity contribution in [3.8, 4) is 12.1 Å². The van der Waals surface area contributed by atoms with Crippen molar-refractivity contribution < 1.29 is 13.9 Å². The first-order valence-electron chi connectivity index (χ1n) is 15.6. The molecule has 3 aliphatic rings. The van der Waals surface area contributed by atoms with Crippen LogP contribution in [0.25, 0.3) is 10.8 Å². The molecule has 0 N–H and O–H groups in total. The number of hydrogen-bond acceptors (Lipinski definition) is 9. The molecule has 1 aromatic heterocycles. The van der Waals surface area contributed by atoms with Crippen LogP contribution in [0.4, 0.5) is 15.9 Å². The van der Waals surface area contributed by atoms with Crippen molar-refractivity contribution in [3.05, 3.63) is 65.1 Å². The van der Waals surface area contributed by atoms with Crippen LogP contribution < -0.4 is 14.5 Å². The van der Waals surface area contributed by atoms with Crippen LogP contribution in [0, 0.1) is 22.6 Å². The van der Waals surface area contributed by atoms with Crippen LogP contribution in [0.15, 0.2) is 43.0 Å². The number of nitriles is 1. The zero-order valence-corrected chi connectivity index (χ0v) is 27.4. The molecule has 1 amide bonds. The van der Waals surface area contributed by atoms with Crippen molar-refractivity contribution >= 4 is 39.8 Å². The Balaban J connectivity index is 1.35. The molecule has 46 heavy (non-hydrogen) atoms. The Bertz CT molecular complexity index is 1690. The van der Waals surface area contributed by atoms with E-state index in [9.17, 15) is 14.4 Å². The fourth-order valence-electron chi connectivity index (χ4n) is 7.43. The van der Waals surface area contributed by atoms with Crippen LogP contribution in [-0.2, 0) is 17.8 Å². The first-order chi connectivity index (χ1) is 22.1. The van der Waals surface area contributed by atoms with Gasteiger partial charge in [-0.2, -0.15) is 15.2 Å². The van der Waals surface area contributed by atoms with E-state index in [0.29, 0.717) is 57.1 Å². The van der Waals surface area contributed by atoms with Gasteiger partial charge in [-0.05, 0) is 51.2 Å². The number of carbonyl (C=O) groups excluding carboxylic acids is 1. The Morgan fingerprint density at radius 3 is 2.74 bits per heavy atom. The Hall–Kier alpha value is -3.98. The summed E-state index contributed by atoms with van der Waals surface area (Å²) in [7, 11) is 6.25. The molecule has 12 heteroatoms. The summed E-state index contributed by atoms with van der Waals surface area (Å²) in [4.78, 5) is 33.1. The smallest absolute Gasteiger partial charge is 0.318 e. The van der Waals surface area contributed by atoms with Gasteiger partial charge in [0.05, 0.1) is 35.8 Å². The molecule has 4 heterocycles. The van der Waals surface area contributed by atoms with Crippen LogP contribution in [-0.4, -0.2) is 110 Å². The lowest BCUT2D eigenvalue weighted by Crippen LogP contribution is -2.61. The van der Waals surface area contributed by atoms with E-state index in [1.165, 1.54) is 12.1 Å². The minimum Gasteiger partial charge on any atom is -0.463 e. The molecule has 2 fully saturated rings. The van der Waals surface area contributed by atoms with Crippen LogP contribution in [0.1, 0.15) is 17.7 Å². The molecule has 1 unspecified atom stereocenters. The summed E-state index contributed by atoms with van der Waals surface area (Å²) in [5.41, 5.74) is 2.68. The summed E-state index contributed by atoms with van der Waals surface area (Å²) in [5.74, 6) is 0.155. The third kappa shape index (κ3) is 6.21. The quantitative estimate of drug-likeness (QED) is 0.320. The molecule has 0 bridgehead atoms. The van der Waals surface area contributed by atoms with Crippen LogP contribution in [0.2, 0.25) is 5.02 Å².